The lowest BCUT2D eigenvalue weighted by Crippen LogP contribution is -2.41. The van der Waals surface area contributed by atoms with E-state index in [1.165, 1.54) is 31.4 Å². The Morgan fingerprint density at radius 3 is 2.46 bits per heavy atom. The third-order valence-corrected chi connectivity index (χ3v) is 5.03. The summed E-state index contributed by atoms with van der Waals surface area (Å²) in [6.45, 7) is 9.33. The van der Waals surface area contributed by atoms with Crippen LogP contribution in [0.2, 0.25) is 0 Å². The summed E-state index contributed by atoms with van der Waals surface area (Å²) in [5.41, 5.74) is 1.94. The Morgan fingerprint density at radius 2 is 1.92 bits per heavy atom. The number of hydrogen-bond acceptors (Lipinski definition) is 3. The zero-order chi connectivity index (χ0) is 17.5. The normalized spacial score (nSPS) is 15.4. The van der Waals surface area contributed by atoms with Crippen molar-refractivity contribution in [1.82, 2.24) is 10.2 Å². The second kappa shape index (κ2) is 9.07. The van der Waals surface area contributed by atoms with Crippen molar-refractivity contribution >= 4 is 11.6 Å². The van der Waals surface area contributed by atoms with Crippen molar-refractivity contribution in [2.45, 2.75) is 58.5 Å². The largest absolute Gasteiger partial charge is 0.372 e. The van der Waals surface area contributed by atoms with E-state index >= 15 is 0 Å². The molecule has 1 saturated carbocycles. The number of amides is 1. The molecule has 1 aromatic carbocycles. The first kappa shape index (κ1) is 18.8. The zero-order valence-electron chi connectivity index (χ0n) is 15.7. The minimum absolute atomic E-state index is 0.0224. The van der Waals surface area contributed by atoms with Gasteiger partial charge < -0.3 is 10.2 Å². The van der Waals surface area contributed by atoms with Crippen LogP contribution in [0.3, 0.4) is 0 Å². The van der Waals surface area contributed by atoms with E-state index in [0.29, 0.717) is 12.6 Å². The summed E-state index contributed by atoms with van der Waals surface area (Å²) in [7, 11) is 2.15. The number of rotatable bonds is 10. The van der Waals surface area contributed by atoms with E-state index in [9.17, 15) is 4.79 Å². The molecule has 1 aromatic rings. The highest BCUT2D eigenvalue weighted by Crippen LogP contribution is 2.26. The van der Waals surface area contributed by atoms with Gasteiger partial charge in [-0.1, -0.05) is 13.3 Å². The van der Waals surface area contributed by atoms with Crippen LogP contribution in [0, 0.1) is 0 Å². The van der Waals surface area contributed by atoms with Crippen LogP contribution in [0.25, 0.3) is 0 Å². The predicted molar refractivity (Wildman–Crippen MR) is 102 cm³/mol. The van der Waals surface area contributed by atoms with Crippen molar-refractivity contribution in [2.75, 3.05) is 31.6 Å². The molecule has 24 heavy (non-hydrogen) atoms. The molecular weight excluding hydrogens is 298 g/mol. The van der Waals surface area contributed by atoms with Gasteiger partial charge in [0.1, 0.15) is 0 Å². The number of likely N-dealkylation sites (N-methyl/N-ethyl adjacent to an activating group) is 1. The second-order valence-corrected chi connectivity index (χ2v) is 6.94. The maximum atomic E-state index is 12.3. The molecule has 4 heteroatoms. The number of nitrogens with one attached hydrogen (secondary N) is 1. The summed E-state index contributed by atoms with van der Waals surface area (Å²) in [6, 6.07) is 9.11. The van der Waals surface area contributed by atoms with Crippen LogP contribution < -0.4 is 10.2 Å². The van der Waals surface area contributed by atoms with Crippen LogP contribution in [0.1, 0.15) is 56.8 Å². The molecule has 0 saturated heterocycles. The van der Waals surface area contributed by atoms with Gasteiger partial charge in [0.15, 0.2) is 0 Å². The zero-order valence-corrected chi connectivity index (χ0v) is 15.7. The van der Waals surface area contributed by atoms with Crippen LogP contribution in [0.4, 0.5) is 5.69 Å². The summed E-state index contributed by atoms with van der Waals surface area (Å²) < 4.78 is 0. The number of benzene rings is 1. The molecule has 1 aliphatic carbocycles. The first-order chi connectivity index (χ1) is 11.6. The summed E-state index contributed by atoms with van der Waals surface area (Å²) in [4.78, 5) is 17.1. The standard InChI is InChI=1S/C20H33N3O/c1-5-7-14-23(6-2)19-10-8-17(9-11-19)20(24)21-15-16(3)22(4)18-12-13-18/h8-11,16,18H,5-7,12-15H2,1-4H3,(H,21,24). The molecule has 0 radical (unpaired) electrons. The second-order valence-electron chi connectivity index (χ2n) is 6.94. The van der Waals surface area contributed by atoms with Crippen molar-refractivity contribution in [3.63, 3.8) is 0 Å². The summed E-state index contributed by atoms with van der Waals surface area (Å²) >= 11 is 0. The molecule has 1 amide bonds. The maximum Gasteiger partial charge on any atom is 0.251 e. The number of nitrogens with zero attached hydrogens (tertiary/aromatic N) is 2. The van der Waals surface area contributed by atoms with E-state index in [2.05, 4.69) is 55.1 Å². The van der Waals surface area contributed by atoms with Gasteiger partial charge in [-0.05, 0) is 64.4 Å². The van der Waals surface area contributed by atoms with Crippen LogP contribution in [0.15, 0.2) is 24.3 Å². The molecule has 0 bridgehead atoms. The fourth-order valence-corrected chi connectivity index (χ4v) is 2.97. The first-order valence-corrected chi connectivity index (χ1v) is 9.42. The summed E-state index contributed by atoms with van der Waals surface area (Å²) in [5, 5.41) is 3.07. The Bertz CT molecular complexity index is 510. The molecule has 1 unspecified atom stereocenters. The van der Waals surface area contributed by atoms with Crippen molar-refractivity contribution in [3.05, 3.63) is 29.8 Å². The average Bonchev–Trinajstić information content (AvgIpc) is 3.45. The highest BCUT2D eigenvalue weighted by atomic mass is 16.1. The highest BCUT2D eigenvalue weighted by molar-refractivity contribution is 5.94. The van der Waals surface area contributed by atoms with Crippen LogP contribution in [0.5, 0.6) is 0 Å². The predicted octanol–water partition coefficient (Wildman–Crippen LogP) is 3.53. The van der Waals surface area contributed by atoms with Crippen LogP contribution in [-0.2, 0) is 0 Å². The maximum absolute atomic E-state index is 12.3. The molecule has 1 atom stereocenters. The van der Waals surface area contributed by atoms with Gasteiger partial charge in [-0.3, -0.25) is 9.69 Å². The smallest absolute Gasteiger partial charge is 0.251 e. The van der Waals surface area contributed by atoms with E-state index in [-0.39, 0.29) is 5.91 Å². The Morgan fingerprint density at radius 1 is 1.25 bits per heavy atom. The van der Waals surface area contributed by atoms with Crippen LogP contribution >= 0.6 is 0 Å². The van der Waals surface area contributed by atoms with Crippen molar-refractivity contribution in [2.24, 2.45) is 0 Å². The molecule has 134 valence electrons. The molecule has 0 spiro atoms. The first-order valence-electron chi connectivity index (χ1n) is 9.42. The Labute approximate surface area is 147 Å². The number of hydrogen-bond donors (Lipinski definition) is 1. The lowest BCUT2D eigenvalue weighted by molar-refractivity contribution is 0.0939. The third kappa shape index (κ3) is 5.23. The van der Waals surface area contributed by atoms with Gasteiger partial charge in [0.25, 0.3) is 5.91 Å². The molecule has 1 fully saturated rings. The minimum Gasteiger partial charge on any atom is -0.372 e. The average molecular weight is 332 g/mol. The van der Waals surface area contributed by atoms with E-state index in [1.54, 1.807) is 0 Å². The number of anilines is 1. The Balaban J connectivity index is 1.85. The van der Waals surface area contributed by atoms with Crippen molar-refractivity contribution in [3.8, 4) is 0 Å². The lowest BCUT2D eigenvalue weighted by Gasteiger charge is -2.25. The van der Waals surface area contributed by atoms with Gasteiger partial charge in [0.2, 0.25) is 0 Å². The summed E-state index contributed by atoms with van der Waals surface area (Å²) in [6.07, 6.45) is 4.98. The SMILES string of the molecule is CCCCN(CC)c1ccc(C(=O)NCC(C)N(C)C2CC2)cc1. The van der Waals surface area contributed by atoms with Gasteiger partial charge in [-0.2, -0.15) is 0 Å². The quantitative estimate of drug-likeness (QED) is 0.712. The molecule has 4 nitrogen and oxygen atoms in total. The molecule has 0 heterocycles. The third-order valence-electron chi connectivity index (χ3n) is 5.03. The fraction of sp³-hybridized carbons (Fsp3) is 0.650. The van der Waals surface area contributed by atoms with E-state index in [4.69, 9.17) is 0 Å². The Kier molecular flexibility index (Phi) is 7.10. The van der Waals surface area contributed by atoms with Gasteiger partial charge in [0.05, 0.1) is 0 Å². The molecule has 1 aliphatic rings. The molecule has 2 rings (SSSR count). The molecule has 0 aromatic heterocycles. The molecular formula is C20H33N3O. The van der Waals surface area contributed by atoms with E-state index in [1.807, 2.05) is 12.1 Å². The van der Waals surface area contributed by atoms with Gasteiger partial charge in [0, 0.05) is 43.0 Å². The molecule has 1 N–H and O–H groups in total. The van der Waals surface area contributed by atoms with Crippen LogP contribution in [-0.4, -0.2) is 49.6 Å². The van der Waals surface area contributed by atoms with Gasteiger partial charge in [-0.25, -0.2) is 0 Å². The number of unbranched alkanes of at least 4 members (excludes halogenated alkanes) is 1. The number of carbonyl (C=O) groups excluding carboxylic acids is 1. The monoisotopic (exact) mass is 331 g/mol. The van der Waals surface area contributed by atoms with Gasteiger partial charge >= 0.3 is 0 Å². The molecule has 0 aliphatic heterocycles. The fourth-order valence-electron chi connectivity index (χ4n) is 2.97. The van der Waals surface area contributed by atoms with Gasteiger partial charge in [-0.15, -0.1) is 0 Å². The Hall–Kier alpha value is -1.55. The lowest BCUT2D eigenvalue weighted by atomic mass is 10.1. The van der Waals surface area contributed by atoms with E-state index < -0.39 is 0 Å². The van der Waals surface area contributed by atoms with Crippen molar-refractivity contribution < 1.29 is 4.79 Å². The highest BCUT2D eigenvalue weighted by Gasteiger charge is 2.29. The number of carbonyl (C=O) groups is 1. The van der Waals surface area contributed by atoms with Crippen molar-refractivity contribution in [1.29, 1.82) is 0 Å². The summed E-state index contributed by atoms with van der Waals surface area (Å²) in [5.74, 6) is 0.0224. The topological polar surface area (TPSA) is 35.6 Å². The minimum atomic E-state index is 0.0224. The van der Waals surface area contributed by atoms with E-state index in [0.717, 1.165) is 24.7 Å².